The van der Waals surface area contributed by atoms with Gasteiger partial charge >= 0.3 is 6.09 Å². The maximum atomic E-state index is 11.8. The summed E-state index contributed by atoms with van der Waals surface area (Å²) in [5, 5.41) is 5.01. The molecule has 0 aliphatic rings. The number of carbonyl (C=O) groups is 1. The summed E-state index contributed by atoms with van der Waals surface area (Å²) in [4.78, 5) is 13.2. The first-order valence-corrected chi connectivity index (χ1v) is 7.59. The third-order valence-electron chi connectivity index (χ3n) is 2.38. The van der Waals surface area contributed by atoms with Gasteiger partial charge in [-0.1, -0.05) is 12.1 Å². The molecule has 20 heavy (non-hydrogen) atoms. The predicted octanol–water partition coefficient (Wildman–Crippen LogP) is 1.70. The van der Waals surface area contributed by atoms with Crippen molar-refractivity contribution in [3.63, 3.8) is 0 Å². The number of benzene rings is 1. The molecule has 1 aromatic rings. The van der Waals surface area contributed by atoms with E-state index in [-0.39, 0.29) is 4.90 Å². The van der Waals surface area contributed by atoms with Gasteiger partial charge in [0.15, 0.2) is 0 Å². The zero-order valence-electron chi connectivity index (χ0n) is 12.1. The lowest BCUT2D eigenvalue weighted by Gasteiger charge is -2.24. The molecule has 0 fully saturated rings. The van der Waals surface area contributed by atoms with E-state index in [1.165, 1.54) is 17.0 Å². The molecule has 0 spiro atoms. The smallest absolute Gasteiger partial charge is 0.410 e. The van der Waals surface area contributed by atoms with Gasteiger partial charge in [-0.05, 0) is 38.5 Å². The van der Waals surface area contributed by atoms with Crippen molar-refractivity contribution in [3.8, 4) is 0 Å². The van der Waals surface area contributed by atoms with Crippen LogP contribution >= 0.6 is 0 Å². The SMILES string of the molecule is CN(Cc1ccc(S(N)(=O)=O)cc1)C(=O)OC(C)(C)C. The number of carbonyl (C=O) groups excluding carboxylic acids is 1. The first-order valence-electron chi connectivity index (χ1n) is 6.05. The summed E-state index contributed by atoms with van der Waals surface area (Å²) < 4.78 is 27.5. The Kier molecular flexibility index (Phi) is 4.77. The average Bonchev–Trinajstić information content (AvgIpc) is 2.26. The molecular formula is C13H20N2O4S. The van der Waals surface area contributed by atoms with Crippen LogP contribution in [0.1, 0.15) is 26.3 Å². The molecule has 2 N–H and O–H groups in total. The minimum absolute atomic E-state index is 0.0428. The van der Waals surface area contributed by atoms with Crippen LogP contribution in [0, 0.1) is 0 Å². The van der Waals surface area contributed by atoms with Crippen molar-refractivity contribution in [2.75, 3.05) is 7.05 Å². The van der Waals surface area contributed by atoms with Gasteiger partial charge < -0.3 is 9.64 Å². The molecule has 0 aliphatic carbocycles. The Morgan fingerprint density at radius 3 is 2.15 bits per heavy atom. The van der Waals surface area contributed by atoms with Crippen molar-refractivity contribution in [1.29, 1.82) is 0 Å². The van der Waals surface area contributed by atoms with Gasteiger partial charge in [0, 0.05) is 13.6 Å². The molecule has 0 unspecified atom stereocenters. The van der Waals surface area contributed by atoms with Crippen LogP contribution < -0.4 is 5.14 Å². The van der Waals surface area contributed by atoms with E-state index in [1.807, 2.05) is 0 Å². The average molecular weight is 300 g/mol. The van der Waals surface area contributed by atoms with Gasteiger partial charge in [-0.3, -0.25) is 0 Å². The van der Waals surface area contributed by atoms with Crippen LogP contribution in [0.4, 0.5) is 4.79 Å². The normalized spacial score (nSPS) is 12.1. The number of hydrogen-bond donors (Lipinski definition) is 1. The number of ether oxygens (including phenoxy) is 1. The van der Waals surface area contributed by atoms with Gasteiger partial charge in [0.1, 0.15) is 5.60 Å². The maximum absolute atomic E-state index is 11.8. The molecule has 0 radical (unpaired) electrons. The highest BCUT2D eigenvalue weighted by Crippen LogP contribution is 2.13. The predicted molar refractivity (Wildman–Crippen MR) is 75.5 cm³/mol. The second-order valence-electron chi connectivity index (χ2n) is 5.53. The van der Waals surface area contributed by atoms with Crippen LogP contribution in [0.15, 0.2) is 29.2 Å². The number of primary sulfonamides is 1. The number of nitrogens with two attached hydrogens (primary N) is 1. The zero-order valence-corrected chi connectivity index (χ0v) is 12.9. The van der Waals surface area contributed by atoms with Crippen molar-refractivity contribution in [1.82, 2.24) is 4.90 Å². The van der Waals surface area contributed by atoms with E-state index in [1.54, 1.807) is 40.0 Å². The monoisotopic (exact) mass is 300 g/mol. The lowest BCUT2D eigenvalue weighted by molar-refractivity contribution is 0.0285. The van der Waals surface area contributed by atoms with Gasteiger partial charge in [0.05, 0.1) is 4.90 Å². The van der Waals surface area contributed by atoms with Crippen LogP contribution in [0.3, 0.4) is 0 Å². The second kappa shape index (κ2) is 5.80. The van der Waals surface area contributed by atoms with E-state index in [2.05, 4.69) is 0 Å². The summed E-state index contributed by atoms with van der Waals surface area (Å²) in [6, 6.07) is 6.04. The Morgan fingerprint density at radius 2 is 1.75 bits per heavy atom. The highest BCUT2D eigenvalue weighted by Gasteiger charge is 2.19. The second-order valence-corrected chi connectivity index (χ2v) is 7.09. The topological polar surface area (TPSA) is 89.7 Å². The Labute approximate surface area is 119 Å². The van der Waals surface area contributed by atoms with Gasteiger partial charge in [-0.2, -0.15) is 0 Å². The summed E-state index contributed by atoms with van der Waals surface area (Å²) in [5.41, 5.74) is 0.230. The quantitative estimate of drug-likeness (QED) is 0.920. The number of hydrogen-bond acceptors (Lipinski definition) is 4. The number of nitrogens with zero attached hydrogens (tertiary/aromatic N) is 1. The van der Waals surface area contributed by atoms with Crippen molar-refractivity contribution >= 4 is 16.1 Å². The van der Waals surface area contributed by atoms with Crippen molar-refractivity contribution in [2.45, 2.75) is 37.8 Å². The lowest BCUT2D eigenvalue weighted by Crippen LogP contribution is -2.33. The first kappa shape index (κ1) is 16.5. The molecule has 0 saturated carbocycles. The van der Waals surface area contributed by atoms with E-state index in [0.717, 1.165) is 5.56 Å². The van der Waals surface area contributed by atoms with E-state index in [4.69, 9.17) is 9.88 Å². The summed E-state index contributed by atoms with van der Waals surface area (Å²) in [7, 11) is -2.08. The number of sulfonamides is 1. The first-order chi connectivity index (χ1) is 8.99. The lowest BCUT2D eigenvalue weighted by atomic mass is 10.2. The maximum Gasteiger partial charge on any atom is 0.410 e. The summed E-state index contributed by atoms with van der Waals surface area (Å²) in [6.45, 7) is 5.69. The summed E-state index contributed by atoms with van der Waals surface area (Å²) in [5.74, 6) is 0. The fraction of sp³-hybridized carbons (Fsp3) is 0.462. The molecule has 112 valence electrons. The molecule has 0 saturated heterocycles. The zero-order chi connectivity index (χ0) is 15.6. The third kappa shape index (κ3) is 5.18. The molecule has 1 rings (SSSR count). The Morgan fingerprint density at radius 1 is 1.25 bits per heavy atom. The van der Waals surface area contributed by atoms with E-state index < -0.39 is 21.7 Å². The van der Waals surface area contributed by atoms with Crippen LogP contribution in [-0.4, -0.2) is 32.1 Å². The van der Waals surface area contributed by atoms with E-state index in [9.17, 15) is 13.2 Å². The fourth-order valence-electron chi connectivity index (χ4n) is 1.46. The molecule has 7 heteroatoms. The molecular weight excluding hydrogens is 280 g/mol. The molecule has 0 aliphatic heterocycles. The highest BCUT2D eigenvalue weighted by atomic mass is 32.2. The molecule has 0 heterocycles. The van der Waals surface area contributed by atoms with Gasteiger partial charge in [-0.15, -0.1) is 0 Å². The van der Waals surface area contributed by atoms with Crippen LogP contribution in [0.2, 0.25) is 0 Å². The van der Waals surface area contributed by atoms with Gasteiger partial charge in [-0.25, -0.2) is 18.4 Å². The Balaban J connectivity index is 2.72. The third-order valence-corrected chi connectivity index (χ3v) is 3.31. The van der Waals surface area contributed by atoms with Crippen LogP contribution in [0.5, 0.6) is 0 Å². The van der Waals surface area contributed by atoms with Crippen molar-refractivity contribution < 1.29 is 17.9 Å². The number of amides is 1. The highest BCUT2D eigenvalue weighted by molar-refractivity contribution is 7.89. The van der Waals surface area contributed by atoms with Gasteiger partial charge in [0.25, 0.3) is 0 Å². The molecule has 0 bridgehead atoms. The fourth-order valence-corrected chi connectivity index (χ4v) is 1.98. The van der Waals surface area contributed by atoms with Gasteiger partial charge in [0.2, 0.25) is 10.0 Å². The number of rotatable bonds is 3. The Hall–Kier alpha value is -1.60. The molecule has 1 aromatic carbocycles. The van der Waals surface area contributed by atoms with Crippen LogP contribution in [0.25, 0.3) is 0 Å². The largest absolute Gasteiger partial charge is 0.444 e. The molecule has 6 nitrogen and oxygen atoms in total. The standard InChI is InChI=1S/C13H20N2O4S/c1-13(2,3)19-12(16)15(4)9-10-5-7-11(8-6-10)20(14,17)18/h5-8H,9H2,1-4H3,(H2,14,17,18). The van der Waals surface area contributed by atoms with Crippen molar-refractivity contribution in [2.24, 2.45) is 5.14 Å². The van der Waals surface area contributed by atoms with Crippen molar-refractivity contribution in [3.05, 3.63) is 29.8 Å². The minimum atomic E-state index is -3.69. The summed E-state index contributed by atoms with van der Waals surface area (Å²) in [6.07, 6.45) is -0.437. The van der Waals surface area contributed by atoms with Crippen LogP contribution in [-0.2, 0) is 21.3 Å². The molecule has 1 amide bonds. The van der Waals surface area contributed by atoms with E-state index >= 15 is 0 Å². The molecule has 0 aromatic heterocycles. The summed E-state index contributed by atoms with van der Waals surface area (Å²) >= 11 is 0. The molecule has 0 atom stereocenters. The van der Waals surface area contributed by atoms with E-state index in [0.29, 0.717) is 6.54 Å². The Bertz CT molecular complexity index is 573. The minimum Gasteiger partial charge on any atom is -0.444 e.